The van der Waals surface area contributed by atoms with Gasteiger partial charge in [0.1, 0.15) is 5.60 Å². The van der Waals surface area contributed by atoms with Crippen molar-refractivity contribution in [2.24, 2.45) is 51.8 Å². The number of methoxy groups -OCH3 is 1. The molecule has 7 rings (SSSR count). The summed E-state index contributed by atoms with van der Waals surface area (Å²) in [6.45, 7) is 13.8. The van der Waals surface area contributed by atoms with Crippen LogP contribution in [0, 0.1) is 51.8 Å². The Morgan fingerprint density at radius 1 is 0.941 bits per heavy atom. The molecular weight excluding hydrogens is 424 g/mol. The van der Waals surface area contributed by atoms with Crippen LogP contribution in [-0.4, -0.2) is 43.9 Å². The number of rotatable bonds is 6. The Bertz CT molecular complexity index is 851. The molecule has 0 unspecified atom stereocenters. The van der Waals surface area contributed by atoms with E-state index in [9.17, 15) is 0 Å². The highest BCUT2D eigenvalue weighted by atomic mass is 16.7. The third kappa shape index (κ3) is 2.46. The molecule has 7 fully saturated rings. The van der Waals surface area contributed by atoms with Crippen LogP contribution in [0.3, 0.4) is 0 Å². The molecule has 0 bridgehead atoms. The summed E-state index contributed by atoms with van der Waals surface area (Å²) in [6, 6.07) is 0. The molecule has 7 aliphatic rings. The minimum atomic E-state index is -0.460. The molecule has 0 aromatic heterocycles. The Morgan fingerprint density at radius 2 is 1.68 bits per heavy atom. The van der Waals surface area contributed by atoms with E-state index in [1.165, 1.54) is 44.9 Å². The van der Waals surface area contributed by atoms with Gasteiger partial charge in [0, 0.05) is 30.3 Å². The Balaban J connectivity index is 1.21. The van der Waals surface area contributed by atoms with Crippen molar-refractivity contribution < 1.29 is 18.9 Å². The first-order chi connectivity index (χ1) is 16.2. The minimum absolute atomic E-state index is 0.0691. The molecule has 34 heavy (non-hydrogen) atoms. The highest BCUT2D eigenvalue weighted by Crippen LogP contribution is 2.83. The van der Waals surface area contributed by atoms with Crippen molar-refractivity contribution in [2.45, 2.75) is 116 Å². The quantitative estimate of drug-likeness (QED) is 0.431. The van der Waals surface area contributed by atoms with Gasteiger partial charge in [-0.05, 0) is 86.4 Å². The van der Waals surface area contributed by atoms with Gasteiger partial charge in [0.15, 0.2) is 5.79 Å². The lowest BCUT2D eigenvalue weighted by Crippen LogP contribution is -2.60. The summed E-state index contributed by atoms with van der Waals surface area (Å²) >= 11 is 0. The SMILES string of the molecule is CO[C@@H]1C[C@H]2[C@@H]3C[C@H]4O[C@@]4([C@H](C)C4(CCC(C)C)OCCO4)[C@@]3(C)CC[C@@H]2[C@@]2(C)CC[C@@H]3C[C@]312. The van der Waals surface area contributed by atoms with E-state index >= 15 is 0 Å². The zero-order valence-electron chi connectivity index (χ0n) is 22.5. The Labute approximate surface area is 207 Å². The van der Waals surface area contributed by atoms with Crippen molar-refractivity contribution in [2.75, 3.05) is 20.3 Å². The molecule has 2 aliphatic heterocycles. The van der Waals surface area contributed by atoms with E-state index in [0.29, 0.717) is 29.0 Å². The normalized spacial score (nSPS) is 56.9. The van der Waals surface area contributed by atoms with Gasteiger partial charge in [-0.3, -0.25) is 0 Å². The fourth-order valence-corrected chi connectivity index (χ4v) is 11.7. The topological polar surface area (TPSA) is 40.2 Å². The molecular formula is C30H48O4. The van der Waals surface area contributed by atoms with E-state index in [2.05, 4.69) is 34.6 Å². The predicted molar refractivity (Wildman–Crippen MR) is 131 cm³/mol. The van der Waals surface area contributed by atoms with Gasteiger partial charge >= 0.3 is 0 Å². The van der Waals surface area contributed by atoms with E-state index in [1.54, 1.807) is 0 Å². The predicted octanol–water partition coefficient (Wildman–Crippen LogP) is 6.22. The number of epoxide rings is 1. The second-order valence-electron chi connectivity index (χ2n) is 14.5. The van der Waals surface area contributed by atoms with Crippen molar-refractivity contribution in [3.8, 4) is 0 Å². The standard InChI is InChI=1S/C30H48O4/c1-18(2)7-12-29(32-13-14-33-29)19(3)30-25(34-30)16-23-21-15-24(31-6)28-17-20(28)8-10-26(28,4)22(21)9-11-27(23,30)5/h18-25H,7-17H2,1-6H3/t19-,20-,21-,22+,23+,24-,25-,26-,27+,28+,30-/m1/s1. The number of fused-ring (bicyclic) bond motifs is 6. The molecule has 2 heterocycles. The molecule has 192 valence electrons. The van der Waals surface area contributed by atoms with Crippen LogP contribution < -0.4 is 0 Å². The van der Waals surface area contributed by atoms with Gasteiger partial charge in [-0.2, -0.15) is 0 Å². The molecule has 1 spiro atoms. The van der Waals surface area contributed by atoms with Crippen molar-refractivity contribution >= 4 is 0 Å². The zero-order chi connectivity index (χ0) is 23.7. The van der Waals surface area contributed by atoms with E-state index < -0.39 is 5.79 Å². The highest BCUT2D eigenvalue weighted by molar-refractivity contribution is 5.31. The van der Waals surface area contributed by atoms with Crippen LogP contribution >= 0.6 is 0 Å². The Morgan fingerprint density at radius 3 is 2.35 bits per heavy atom. The van der Waals surface area contributed by atoms with E-state index in [4.69, 9.17) is 18.9 Å². The lowest BCUT2D eigenvalue weighted by molar-refractivity contribution is -0.233. The number of hydrogen-bond acceptors (Lipinski definition) is 4. The average molecular weight is 473 g/mol. The van der Waals surface area contributed by atoms with Crippen LogP contribution in [0.4, 0.5) is 0 Å². The van der Waals surface area contributed by atoms with Crippen molar-refractivity contribution in [1.29, 1.82) is 0 Å². The molecule has 2 saturated heterocycles. The van der Waals surface area contributed by atoms with Gasteiger partial charge in [-0.1, -0.05) is 34.6 Å². The molecule has 0 N–H and O–H groups in total. The molecule has 0 aromatic carbocycles. The molecule has 4 nitrogen and oxygen atoms in total. The first kappa shape index (κ1) is 23.0. The summed E-state index contributed by atoms with van der Waals surface area (Å²) in [5, 5.41) is 0. The maximum atomic E-state index is 6.80. The van der Waals surface area contributed by atoms with E-state index in [-0.39, 0.29) is 16.9 Å². The fourth-order valence-electron chi connectivity index (χ4n) is 11.7. The first-order valence-electron chi connectivity index (χ1n) is 14.7. The van der Waals surface area contributed by atoms with Crippen LogP contribution in [-0.2, 0) is 18.9 Å². The van der Waals surface area contributed by atoms with Gasteiger partial charge in [-0.25, -0.2) is 0 Å². The summed E-state index contributed by atoms with van der Waals surface area (Å²) in [5.41, 5.74) is 1.15. The summed E-state index contributed by atoms with van der Waals surface area (Å²) < 4.78 is 26.1. The maximum Gasteiger partial charge on any atom is 0.173 e. The molecule has 0 amide bonds. The molecule has 5 aliphatic carbocycles. The average Bonchev–Trinajstić information content (AvgIpc) is 3.59. The molecule has 5 saturated carbocycles. The first-order valence-corrected chi connectivity index (χ1v) is 14.7. The second-order valence-corrected chi connectivity index (χ2v) is 14.5. The maximum absolute atomic E-state index is 6.80. The third-order valence-corrected chi connectivity index (χ3v) is 13.5. The summed E-state index contributed by atoms with van der Waals surface area (Å²) in [6.07, 6.45) is 12.5. The van der Waals surface area contributed by atoms with Crippen LogP contribution in [0.2, 0.25) is 0 Å². The fraction of sp³-hybridized carbons (Fsp3) is 1.00. The molecule has 0 aromatic rings. The van der Waals surface area contributed by atoms with Crippen LogP contribution in [0.25, 0.3) is 0 Å². The zero-order valence-corrected chi connectivity index (χ0v) is 22.5. The summed E-state index contributed by atoms with van der Waals surface area (Å²) in [7, 11) is 2.00. The van der Waals surface area contributed by atoms with E-state index in [0.717, 1.165) is 49.7 Å². The third-order valence-electron chi connectivity index (χ3n) is 13.5. The van der Waals surface area contributed by atoms with Crippen molar-refractivity contribution in [1.82, 2.24) is 0 Å². The largest absolute Gasteiger partial charge is 0.381 e. The van der Waals surface area contributed by atoms with Crippen LogP contribution in [0.5, 0.6) is 0 Å². The highest BCUT2D eigenvalue weighted by Gasteiger charge is 2.83. The van der Waals surface area contributed by atoms with Crippen molar-refractivity contribution in [3.63, 3.8) is 0 Å². The van der Waals surface area contributed by atoms with Gasteiger partial charge < -0.3 is 18.9 Å². The van der Waals surface area contributed by atoms with Crippen LogP contribution in [0.1, 0.15) is 92.4 Å². The second kappa shape index (κ2) is 7.03. The van der Waals surface area contributed by atoms with Gasteiger partial charge in [0.25, 0.3) is 0 Å². The number of hydrogen-bond donors (Lipinski definition) is 0. The lowest BCUT2D eigenvalue weighted by Gasteiger charge is -2.61. The summed E-state index contributed by atoms with van der Waals surface area (Å²) in [4.78, 5) is 0. The number of ether oxygens (including phenoxy) is 4. The lowest BCUT2D eigenvalue weighted by atomic mass is 9.44. The summed E-state index contributed by atoms with van der Waals surface area (Å²) in [5.74, 6) is 3.84. The molecule has 0 radical (unpaired) electrons. The van der Waals surface area contributed by atoms with Gasteiger partial charge in [-0.15, -0.1) is 0 Å². The van der Waals surface area contributed by atoms with Gasteiger partial charge in [0.2, 0.25) is 0 Å². The van der Waals surface area contributed by atoms with Crippen molar-refractivity contribution in [3.05, 3.63) is 0 Å². The Hall–Kier alpha value is -0.160. The van der Waals surface area contributed by atoms with E-state index in [1.807, 2.05) is 7.11 Å². The Kier molecular flexibility index (Phi) is 4.75. The molecule has 4 heteroatoms. The monoisotopic (exact) mass is 472 g/mol. The smallest absolute Gasteiger partial charge is 0.173 e. The van der Waals surface area contributed by atoms with Gasteiger partial charge in [0.05, 0.1) is 25.4 Å². The minimum Gasteiger partial charge on any atom is -0.381 e. The molecule has 11 atom stereocenters. The van der Waals surface area contributed by atoms with Crippen LogP contribution in [0.15, 0.2) is 0 Å².